The standard InChI is InChI=1S/C17H33N3O/c1-3-15-7-10-19(9-6-14(2)18-15)11-17-12-20-8-4-5-16(20)13-21-17/h14-18H,3-13H2,1-2H3. The molecule has 1 N–H and O–H groups in total. The third-order valence-electron chi connectivity index (χ3n) is 5.61. The lowest BCUT2D eigenvalue weighted by Crippen LogP contribution is -2.51. The van der Waals surface area contributed by atoms with Crippen LogP contribution in [0, 0.1) is 0 Å². The van der Waals surface area contributed by atoms with E-state index in [2.05, 4.69) is 29.0 Å². The molecule has 3 fully saturated rings. The molecular formula is C17H33N3O. The van der Waals surface area contributed by atoms with Crippen LogP contribution in [-0.4, -0.2) is 73.4 Å². The summed E-state index contributed by atoms with van der Waals surface area (Å²) in [6, 6.07) is 2.06. The molecule has 0 aliphatic carbocycles. The van der Waals surface area contributed by atoms with Gasteiger partial charge in [-0.3, -0.25) is 4.90 Å². The van der Waals surface area contributed by atoms with Gasteiger partial charge in [-0.1, -0.05) is 6.92 Å². The fraction of sp³-hybridized carbons (Fsp3) is 1.00. The van der Waals surface area contributed by atoms with Gasteiger partial charge in [0.25, 0.3) is 0 Å². The Balaban J connectivity index is 1.49. The van der Waals surface area contributed by atoms with Crippen LogP contribution in [0.15, 0.2) is 0 Å². The van der Waals surface area contributed by atoms with Gasteiger partial charge in [-0.05, 0) is 58.7 Å². The number of nitrogens with one attached hydrogen (secondary N) is 1. The highest BCUT2D eigenvalue weighted by molar-refractivity contribution is 4.87. The normalized spacial score (nSPS) is 39.7. The van der Waals surface area contributed by atoms with Crippen LogP contribution < -0.4 is 5.32 Å². The van der Waals surface area contributed by atoms with Gasteiger partial charge in [0.1, 0.15) is 0 Å². The van der Waals surface area contributed by atoms with Crippen LogP contribution >= 0.6 is 0 Å². The molecule has 0 bridgehead atoms. The molecule has 0 saturated carbocycles. The maximum atomic E-state index is 6.15. The molecule has 3 heterocycles. The van der Waals surface area contributed by atoms with Crippen molar-refractivity contribution in [3.8, 4) is 0 Å². The van der Waals surface area contributed by atoms with Crippen molar-refractivity contribution in [2.45, 2.75) is 70.2 Å². The number of morpholine rings is 1. The Morgan fingerprint density at radius 1 is 1.14 bits per heavy atom. The SMILES string of the molecule is CCC1CCN(CC2CN3CCCC3CO2)CCC(C)N1. The Labute approximate surface area is 130 Å². The third kappa shape index (κ3) is 4.19. The largest absolute Gasteiger partial charge is 0.374 e. The Morgan fingerprint density at radius 3 is 2.86 bits per heavy atom. The summed E-state index contributed by atoms with van der Waals surface area (Å²) in [7, 11) is 0. The monoisotopic (exact) mass is 295 g/mol. The predicted octanol–water partition coefficient (Wildman–Crippen LogP) is 1.70. The number of hydrogen-bond acceptors (Lipinski definition) is 4. The van der Waals surface area contributed by atoms with Crippen molar-refractivity contribution in [3.63, 3.8) is 0 Å². The van der Waals surface area contributed by atoms with Crippen LogP contribution in [-0.2, 0) is 4.74 Å². The Bertz CT molecular complexity index is 325. The molecule has 4 nitrogen and oxygen atoms in total. The van der Waals surface area contributed by atoms with E-state index >= 15 is 0 Å². The van der Waals surface area contributed by atoms with Crippen LogP contribution in [0.25, 0.3) is 0 Å². The molecule has 4 atom stereocenters. The maximum absolute atomic E-state index is 6.15. The summed E-state index contributed by atoms with van der Waals surface area (Å²) in [6.45, 7) is 11.6. The number of hydrogen-bond donors (Lipinski definition) is 1. The number of fused-ring (bicyclic) bond motifs is 1. The average Bonchev–Trinajstić information content (AvgIpc) is 2.94. The smallest absolute Gasteiger partial charge is 0.0829 e. The van der Waals surface area contributed by atoms with Gasteiger partial charge < -0.3 is 15.0 Å². The summed E-state index contributed by atoms with van der Waals surface area (Å²) in [5, 5.41) is 3.76. The van der Waals surface area contributed by atoms with Gasteiger partial charge in [0.15, 0.2) is 0 Å². The molecule has 3 aliphatic rings. The Morgan fingerprint density at radius 2 is 2.00 bits per heavy atom. The quantitative estimate of drug-likeness (QED) is 0.858. The van der Waals surface area contributed by atoms with Crippen molar-refractivity contribution in [3.05, 3.63) is 0 Å². The van der Waals surface area contributed by atoms with Gasteiger partial charge >= 0.3 is 0 Å². The fourth-order valence-electron chi connectivity index (χ4n) is 4.18. The van der Waals surface area contributed by atoms with Crippen LogP contribution in [0.1, 0.15) is 46.0 Å². The molecular weight excluding hydrogens is 262 g/mol. The number of ether oxygens (including phenoxy) is 1. The topological polar surface area (TPSA) is 27.7 Å². The first-order valence-electron chi connectivity index (χ1n) is 9.08. The minimum absolute atomic E-state index is 0.433. The molecule has 0 spiro atoms. The molecule has 0 aromatic heterocycles. The van der Waals surface area contributed by atoms with E-state index in [-0.39, 0.29) is 0 Å². The highest BCUT2D eigenvalue weighted by Crippen LogP contribution is 2.23. The second-order valence-corrected chi connectivity index (χ2v) is 7.30. The highest BCUT2D eigenvalue weighted by atomic mass is 16.5. The first-order valence-corrected chi connectivity index (χ1v) is 9.08. The Hall–Kier alpha value is -0.160. The first-order chi connectivity index (χ1) is 10.2. The lowest BCUT2D eigenvalue weighted by atomic mass is 10.1. The van der Waals surface area contributed by atoms with Crippen molar-refractivity contribution in [1.82, 2.24) is 15.1 Å². The van der Waals surface area contributed by atoms with Gasteiger partial charge in [-0.2, -0.15) is 0 Å². The molecule has 3 rings (SSSR count). The van der Waals surface area contributed by atoms with E-state index in [0.717, 1.165) is 25.7 Å². The van der Waals surface area contributed by atoms with Gasteiger partial charge in [0.05, 0.1) is 12.7 Å². The minimum Gasteiger partial charge on any atom is -0.374 e. The van der Waals surface area contributed by atoms with Gasteiger partial charge in [-0.15, -0.1) is 0 Å². The van der Waals surface area contributed by atoms with E-state index in [1.165, 1.54) is 51.7 Å². The van der Waals surface area contributed by atoms with Crippen molar-refractivity contribution >= 4 is 0 Å². The third-order valence-corrected chi connectivity index (χ3v) is 5.61. The summed E-state index contributed by atoms with van der Waals surface area (Å²) in [5.74, 6) is 0. The fourth-order valence-corrected chi connectivity index (χ4v) is 4.18. The molecule has 0 aromatic carbocycles. The van der Waals surface area contributed by atoms with E-state index in [1.807, 2.05) is 0 Å². The van der Waals surface area contributed by atoms with E-state index in [1.54, 1.807) is 0 Å². The predicted molar refractivity (Wildman–Crippen MR) is 86.7 cm³/mol. The van der Waals surface area contributed by atoms with Crippen molar-refractivity contribution in [1.29, 1.82) is 0 Å². The van der Waals surface area contributed by atoms with E-state index in [0.29, 0.717) is 18.2 Å². The zero-order chi connectivity index (χ0) is 14.7. The molecule has 21 heavy (non-hydrogen) atoms. The summed E-state index contributed by atoms with van der Waals surface area (Å²) < 4.78 is 6.15. The molecule has 4 heteroatoms. The molecule has 0 amide bonds. The zero-order valence-corrected chi connectivity index (χ0v) is 13.9. The van der Waals surface area contributed by atoms with E-state index in [9.17, 15) is 0 Å². The van der Waals surface area contributed by atoms with Crippen LogP contribution in [0.3, 0.4) is 0 Å². The van der Waals surface area contributed by atoms with Gasteiger partial charge in [-0.25, -0.2) is 0 Å². The second-order valence-electron chi connectivity index (χ2n) is 7.30. The van der Waals surface area contributed by atoms with Crippen molar-refractivity contribution in [2.75, 3.05) is 39.3 Å². The van der Waals surface area contributed by atoms with Crippen molar-refractivity contribution < 1.29 is 4.74 Å². The first kappa shape index (κ1) is 15.7. The molecule has 3 saturated heterocycles. The summed E-state index contributed by atoms with van der Waals surface area (Å²) in [5.41, 5.74) is 0. The van der Waals surface area contributed by atoms with Gasteiger partial charge in [0, 0.05) is 31.2 Å². The van der Waals surface area contributed by atoms with E-state index in [4.69, 9.17) is 4.74 Å². The molecule has 0 radical (unpaired) electrons. The van der Waals surface area contributed by atoms with Crippen LogP contribution in [0.2, 0.25) is 0 Å². The lowest BCUT2D eigenvalue weighted by molar-refractivity contribution is -0.0621. The number of nitrogens with zero attached hydrogens (tertiary/aromatic N) is 2. The Kier molecular flexibility index (Phi) is 5.54. The molecule has 0 aromatic rings. The van der Waals surface area contributed by atoms with Crippen molar-refractivity contribution in [2.24, 2.45) is 0 Å². The van der Waals surface area contributed by atoms with Crippen LogP contribution in [0.4, 0.5) is 0 Å². The average molecular weight is 295 g/mol. The second kappa shape index (κ2) is 7.40. The van der Waals surface area contributed by atoms with Gasteiger partial charge in [0.2, 0.25) is 0 Å². The lowest BCUT2D eigenvalue weighted by Gasteiger charge is -2.39. The maximum Gasteiger partial charge on any atom is 0.0829 e. The highest BCUT2D eigenvalue weighted by Gasteiger charge is 2.33. The van der Waals surface area contributed by atoms with E-state index < -0.39 is 0 Å². The summed E-state index contributed by atoms with van der Waals surface area (Å²) in [4.78, 5) is 5.32. The summed E-state index contributed by atoms with van der Waals surface area (Å²) in [6.07, 6.45) is 6.93. The van der Waals surface area contributed by atoms with Crippen LogP contribution in [0.5, 0.6) is 0 Å². The minimum atomic E-state index is 0.433. The summed E-state index contributed by atoms with van der Waals surface area (Å²) >= 11 is 0. The number of rotatable bonds is 3. The zero-order valence-electron chi connectivity index (χ0n) is 13.9. The molecule has 4 unspecified atom stereocenters. The molecule has 3 aliphatic heterocycles. The molecule has 122 valence electrons.